The maximum atomic E-state index is 11.2. The van der Waals surface area contributed by atoms with Crippen molar-refractivity contribution in [3.63, 3.8) is 0 Å². The Morgan fingerprint density at radius 3 is 2.44 bits per heavy atom. The van der Waals surface area contributed by atoms with Gasteiger partial charge in [0, 0.05) is 6.42 Å². The van der Waals surface area contributed by atoms with Crippen molar-refractivity contribution in [2.75, 3.05) is 6.54 Å². The van der Waals surface area contributed by atoms with E-state index in [-0.39, 0.29) is 37.7 Å². The highest BCUT2D eigenvalue weighted by atomic mass is 16.5. The first-order valence-corrected chi connectivity index (χ1v) is 5.13. The molecule has 1 aromatic rings. The SMILES string of the molecule is NCC(=O)CCC(=O)OCc1ccccc1. The third-order valence-corrected chi connectivity index (χ3v) is 2.08. The molecule has 0 aromatic heterocycles. The summed E-state index contributed by atoms with van der Waals surface area (Å²) in [5.74, 6) is -0.498. The summed E-state index contributed by atoms with van der Waals surface area (Å²) in [5, 5.41) is 0. The fourth-order valence-corrected chi connectivity index (χ4v) is 1.15. The molecule has 2 N–H and O–H groups in total. The molecule has 0 amide bonds. The van der Waals surface area contributed by atoms with Gasteiger partial charge in [0.05, 0.1) is 13.0 Å². The molecular weight excluding hydrogens is 206 g/mol. The number of ketones is 1. The number of hydrogen-bond acceptors (Lipinski definition) is 4. The first kappa shape index (κ1) is 12.4. The zero-order valence-corrected chi connectivity index (χ0v) is 9.02. The van der Waals surface area contributed by atoms with Crippen molar-refractivity contribution in [2.24, 2.45) is 5.73 Å². The Labute approximate surface area is 94.4 Å². The van der Waals surface area contributed by atoms with Crippen LogP contribution in [-0.4, -0.2) is 18.3 Å². The smallest absolute Gasteiger partial charge is 0.306 e. The van der Waals surface area contributed by atoms with Gasteiger partial charge in [-0.15, -0.1) is 0 Å². The van der Waals surface area contributed by atoms with Crippen molar-refractivity contribution in [2.45, 2.75) is 19.4 Å². The molecule has 0 aliphatic heterocycles. The number of esters is 1. The summed E-state index contributed by atoms with van der Waals surface area (Å²) in [6.45, 7) is 0.225. The van der Waals surface area contributed by atoms with Crippen molar-refractivity contribution in [3.8, 4) is 0 Å². The van der Waals surface area contributed by atoms with Crippen molar-refractivity contribution in [1.82, 2.24) is 0 Å². The highest BCUT2D eigenvalue weighted by molar-refractivity contribution is 5.84. The number of carbonyl (C=O) groups is 2. The standard InChI is InChI=1S/C12H15NO3/c13-8-11(14)6-7-12(15)16-9-10-4-2-1-3-5-10/h1-5H,6-9,13H2. The minimum Gasteiger partial charge on any atom is -0.461 e. The molecule has 16 heavy (non-hydrogen) atoms. The summed E-state index contributed by atoms with van der Waals surface area (Å²) < 4.78 is 4.99. The van der Waals surface area contributed by atoms with Crippen LogP contribution in [0.3, 0.4) is 0 Å². The van der Waals surface area contributed by atoms with Gasteiger partial charge in [-0.1, -0.05) is 30.3 Å². The molecule has 0 heterocycles. The van der Waals surface area contributed by atoms with Crippen molar-refractivity contribution in [3.05, 3.63) is 35.9 Å². The predicted molar refractivity (Wildman–Crippen MR) is 59.5 cm³/mol. The van der Waals surface area contributed by atoms with Crippen molar-refractivity contribution >= 4 is 11.8 Å². The zero-order valence-electron chi connectivity index (χ0n) is 9.02. The molecule has 86 valence electrons. The van der Waals surface area contributed by atoms with Gasteiger partial charge >= 0.3 is 5.97 Å². The Morgan fingerprint density at radius 2 is 1.81 bits per heavy atom. The number of Topliss-reactive ketones (excluding diaryl/α,β-unsaturated/α-hetero) is 1. The largest absolute Gasteiger partial charge is 0.461 e. The number of carbonyl (C=O) groups excluding carboxylic acids is 2. The second kappa shape index (κ2) is 6.74. The van der Waals surface area contributed by atoms with Crippen LogP contribution in [0.4, 0.5) is 0 Å². The summed E-state index contributed by atoms with van der Waals surface area (Å²) in [6.07, 6.45) is 0.257. The highest BCUT2D eigenvalue weighted by Gasteiger charge is 2.06. The molecule has 4 nitrogen and oxygen atoms in total. The van der Waals surface area contributed by atoms with Crippen LogP contribution < -0.4 is 5.73 Å². The summed E-state index contributed by atoms with van der Waals surface area (Å²) in [5.41, 5.74) is 6.05. The van der Waals surface area contributed by atoms with Gasteiger partial charge in [0.2, 0.25) is 0 Å². The molecule has 0 aliphatic carbocycles. The molecule has 0 unspecified atom stereocenters. The first-order chi connectivity index (χ1) is 7.72. The Morgan fingerprint density at radius 1 is 1.12 bits per heavy atom. The highest BCUT2D eigenvalue weighted by Crippen LogP contribution is 2.02. The molecule has 0 saturated heterocycles. The second-order valence-corrected chi connectivity index (χ2v) is 3.39. The van der Waals surface area contributed by atoms with Crippen LogP contribution >= 0.6 is 0 Å². The normalized spacial score (nSPS) is 9.81. The van der Waals surface area contributed by atoms with Crippen LogP contribution in [0.25, 0.3) is 0 Å². The van der Waals surface area contributed by atoms with Gasteiger partial charge in [0.15, 0.2) is 0 Å². The molecule has 0 aliphatic rings. The van der Waals surface area contributed by atoms with E-state index in [4.69, 9.17) is 10.5 Å². The molecule has 0 spiro atoms. The summed E-state index contributed by atoms with van der Waals surface area (Å²) in [6, 6.07) is 9.39. The van der Waals surface area contributed by atoms with Gasteiger partial charge in [-0.2, -0.15) is 0 Å². The first-order valence-electron chi connectivity index (χ1n) is 5.13. The molecule has 4 heteroatoms. The maximum absolute atomic E-state index is 11.2. The van der Waals surface area contributed by atoms with E-state index in [9.17, 15) is 9.59 Å². The van der Waals surface area contributed by atoms with Crippen LogP contribution in [0.5, 0.6) is 0 Å². The van der Waals surface area contributed by atoms with Crippen LogP contribution in [-0.2, 0) is 20.9 Å². The van der Waals surface area contributed by atoms with E-state index in [1.165, 1.54) is 0 Å². The monoisotopic (exact) mass is 221 g/mol. The molecule has 0 bridgehead atoms. The number of nitrogens with two attached hydrogens (primary N) is 1. The van der Waals surface area contributed by atoms with E-state index in [1.54, 1.807) is 0 Å². The Balaban J connectivity index is 2.23. The van der Waals surface area contributed by atoms with Crippen LogP contribution in [0.2, 0.25) is 0 Å². The van der Waals surface area contributed by atoms with Gasteiger partial charge < -0.3 is 10.5 Å². The van der Waals surface area contributed by atoms with Crippen molar-refractivity contribution in [1.29, 1.82) is 0 Å². The molecule has 0 fully saturated rings. The summed E-state index contributed by atoms with van der Waals surface area (Å²) in [7, 11) is 0. The predicted octanol–water partition coefficient (Wildman–Crippen LogP) is 1.04. The molecule has 0 saturated carbocycles. The molecule has 1 rings (SSSR count). The fraction of sp³-hybridized carbons (Fsp3) is 0.333. The zero-order chi connectivity index (χ0) is 11.8. The Bertz CT molecular complexity index is 349. The Hall–Kier alpha value is -1.68. The fourth-order valence-electron chi connectivity index (χ4n) is 1.15. The number of rotatable bonds is 6. The number of benzene rings is 1. The molecule has 0 atom stereocenters. The second-order valence-electron chi connectivity index (χ2n) is 3.39. The molecule has 1 aromatic carbocycles. The van der Waals surface area contributed by atoms with Crippen LogP contribution in [0, 0.1) is 0 Å². The van der Waals surface area contributed by atoms with Gasteiger partial charge in [-0.05, 0) is 5.56 Å². The lowest BCUT2D eigenvalue weighted by Gasteiger charge is -2.04. The Kier molecular flexibility index (Phi) is 5.22. The van der Waals surface area contributed by atoms with E-state index < -0.39 is 0 Å². The van der Waals surface area contributed by atoms with Gasteiger partial charge in [0.25, 0.3) is 0 Å². The van der Waals surface area contributed by atoms with Gasteiger partial charge in [-0.25, -0.2) is 0 Å². The topological polar surface area (TPSA) is 69.4 Å². The number of hydrogen-bond donors (Lipinski definition) is 1. The van der Waals surface area contributed by atoms with E-state index in [1.807, 2.05) is 30.3 Å². The number of ether oxygens (including phenoxy) is 1. The summed E-state index contributed by atoms with van der Waals surface area (Å²) >= 11 is 0. The van der Waals surface area contributed by atoms with E-state index >= 15 is 0 Å². The average molecular weight is 221 g/mol. The lowest BCUT2D eigenvalue weighted by Crippen LogP contribution is -2.15. The van der Waals surface area contributed by atoms with E-state index in [2.05, 4.69) is 0 Å². The minimum absolute atomic E-state index is 0.0219. The third kappa shape index (κ3) is 4.70. The van der Waals surface area contributed by atoms with Gasteiger partial charge in [-0.3, -0.25) is 9.59 Å². The van der Waals surface area contributed by atoms with Crippen LogP contribution in [0.1, 0.15) is 18.4 Å². The quantitative estimate of drug-likeness (QED) is 0.728. The summed E-state index contributed by atoms with van der Waals surface area (Å²) in [4.78, 5) is 22.1. The van der Waals surface area contributed by atoms with Gasteiger partial charge in [0.1, 0.15) is 12.4 Å². The minimum atomic E-state index is -0.370. The van der Waals surface area contributed by atoms with Crippen LogP contribution in [0.15, 0.2) is 30.3 Å². The van der Waals surface area contributed by atoms with E-state index in [0.29, 0.717) is 0 Å². The molecule has 0 radical (unpaired) electrons. The molecular formula is C12H15NO3. The average Bonchev–Trinajstić information content (AvgIpc) is 2.34. The third-order valence-electron chi connectivity index (χ3n) is 2.08. The maximum Gasteiger partial charge on any atom is 0.306 e. The lowest BCUT2D eigenvalue weighted by atomic mass is 10.2. The lowest BCUT2D eigenvalue weighted by molar-refractivity contribution is -0.146. The van der Waals surface area contributed by atoms with Crippen molar-refractivity contribution < 1.29 is 14.3 Å². The van der Waals surface area contributed by atoms with E-state index in [0.717, 1.165) is 5.56 Å².